The van der Waals surface area contributed by atoms with Gasteiger partial charge in [0.25, 0.3) is 5.91 Å². The largest absolute Gasteiger partial charge is 0.573 e. The van der Waals surface area contributed by atoms with E-state index in [1.807, 2.05) is 13.0 Å². The van der Waals surface area contributed by atoms with Crippen LogP contribution in [0.4, 0.5) is 13.2 Å². The Morgan fingerprint density at radius 1 is 1.04 bits per heavy atom. The van der Waals surface area contributed by atoms with Gasteiger partial charge in [0.05, 0.1) is 14.2 Å². The van der Waals surface area contributed by atoms with Gasteiger partial charge in [-0.2, -0.15) is 0 Å². The van der Waals surface area contributed by atoms with Crippen molar-refractivity contribution in [1.82, 2.24) is 4.90 Å². The molecule has 0 saturated carbocycles. The average Bonchev–Trinajstić information content (AvgIpc) is 2.61. The van der Waals surface area contributed by atoms with Crippen LogP contribution >= 0.6 is 0 Å². The van der Waals surface area contributed by atoms with Gasteiger partial charge in [-0.25, -0.2) is 0 Å². The molecule has 0 unspecified atom stereocenters. The van der Waals surface area contributed by atoms with Gasteiger partial charge in [0, 0.05) is 19.2 Å². The molecule has 2 rings (SSSR count). The van der Waals surface area contributed by atoms with E-state index in [0.717, 1.165) is 23.3 Å². The quantitative estimate of drug-likeness (QED) is 0.751. The van der Waals surface area contributed by atoms with E-state index in [1.165, 1.54) is 24.1 Å². The van der Waals surface area contributed by atoms with Crippen LogP contribution in [0, 0.1) is 6.92 Å². The summed E-state index contributed by atoms with van der Waals surface area (Å²) in [7, 11) is 4.67. The lowest BCUT2D eigenvalue weighted by Crippen LogP contribution is -2.26. The van der Waals surface area contributed by atoms with Gasteiger partial charge in [-0.15, -0.1) is 13.2 Å². The van der Waals surface area contributed by atoms with Crippen molar-refractivity contribution < 1.29 is 32.2 Å². The minimum atomic E-state index is -4.77. The number of halogens is 3. The lowest BCUT2D eigenvalue weighted by Gasteiger charge is -2.20. The number of carbonyl (C=O) groups excluding carboxylic acids is 1. The van der Waals surface area contributed by atoms with Crippen molar-refractivity contribution in [2.45, 2.75) is 19.8 Å². The number of aryl methyl sites for hydroxylation is 1. The normalized spacial score (nSPS) is 11.1. The summed E-state index contributed by atoms with van der Waals surface area (Å²) in [6.45, 7) is 2.19. The monoisotopic (exact) mass is 383 g/mol. The van der Waals surface area contributed by atoms with Crippen LogP contribution in [0.3, 0.4) is 0 Å². The second-order valence-corrected chi connectivity index (χ2v) is 5.87. The fourth-order valence-corrected chi connectivity index (χ4v) is 2.54. The van der Waals surface area contributed by atoms with E-state index in [1.54, 1.807) is 20.2 Å². The van der Waals surface area contributed by atoms with Gasteiger partial charge >= 0.3 is 6.36 Å². The van der Waals surface area contributed by atoms with Crippen LogP contribution in [0.2, 0.25) is 0 Å². The van der Waals surface area contributed by atoms with Crippen molar-refractivity contribution in [3.63, 3.8) is 0 Å². The Balaban J connectivity index is 2.14. The Morgan fingerprint density at radius 3 is 2.11 bits per heavy atom. The predicted octanol–water partition coefficient (Wildman–Crippen LogP) is 4.18. The third-order valence-corrected chi connectivity index (χ3v) is 3.93. The lowest BCUT2D eigenvalue weighted by atomic mass is 10.1. The standard InChI is InChI=1S/C19H20F3NO4/c1-12-9-16(25-3)17(26-4)10-14(12)11-23(2)18(24)13-5-7-15(8-6-13)27-19(20,21)22/h5-10H,11H2,1-4H3. The number of methoxy groups -OCH3 is 2. The maximum Gasteiger partial charge on any atom is 0.573 e. The van der Waals surface area contributed by atoms with Crippen molar-refractivity contribution >= 4 is 5.91 Å². The molecule has 0 radical (unpaired) electrons. The average molecular weight is 383 g/mol. The third kappa shape index (κ3) is 5.29. The van der Waals surface area contributed by atoms with E-state index in [-0.39, 0.29) is 17.2 Å². The molecular formula is C19H20F3NO4. The number of rotatable bonds is 6. The van der Waals surface area contributed by atoms with E-state index in [4.69, 9.17) is 9.47 Å². The highest BCUT2D eigenvalue weighted by Gasteiger charge is 2.31. The highest BCUT2D eigenvalue weighted by Crippen LogP contribution is 2.31. The zero-order valence-corrected chi connectivity index (χ0v) is 15.4. The van der Waals surface area contributed by atoms with E-state index in [2.05, 4.69) is 4.74 Å². The van der Waals surface area contributed by atoms with Crippen LogP contribution in [-0.4, -0.2) is 38.4 Å². The van der Waals surface area contributed by atoms with Gasteiger partial charge < -0.3 is 19.1 Å². The predicted molar refractivity (Wildman–Crippen MR) is 93.2 cm³/mol. The van der Waals surface area contributed by atoms with Crippen LogP contribution in [0.15, 0.2) is 36.4 Å². The zero-order chi connectivity index (χ0) is 20.2. The minimum Gasteiger partial charge on any atom is -0.493 e. The maximum atomic E-state index is 12.5. The first kappa shape index (κ1) is 20.4. The van der Waals surface area contributed by atoms with Gasteiger partial charge in [-0.05, 0) is 54.4 Å². The molecule has 0 saturated heterocycles. The van der Waals surface area contributed by atoms with E-state index >= 15 is 0 Å². The van der Waals surface area contributed by atoms with Gasteiger partial charge in [0.2, 0.25) is 0 Å². The summed E-state index contributed by atoms with van der Waals surface area (Å²) in [6.07, 6.45) is -4.77. The summed E-state index contributed by atoms with van der Waals surface area (Å²) in [6, 6.07) is 8.41. The molecule has 0 heterocycles. The van der Waals surface area contributed by atoms with Crippen molar-refractivity contribution in [3.8, 4) is 17.2 Å². The molecule has 0 spiro atoms. The highest BCUT2D eigenvalue weighted by atomic mass is 19.4. The number of hydrogen-bond donors (Lipinski definition) is 0. The van der Waals surface area contributed by atoms with Crippen LogP contribution in [0.1, 0.15) is 21.5 Å². The summed E-state index contributed by atoms with van der Waals surface area (Å²) in [5, 5.41) is 0. The Morgan fingerprint density at radius 2 is 1.59 bits per heavy atom. The van der Waals surface area contributed by atoms with Gasteiger partial charge in [0.15, 0.2) is 11.5 Å². The number of hydrogen-bond acceptors (Lipinski definition) is 4. The Bertz CT molecular complexity index is 804. The van der Waals surface area contributed by atoms with Crippen LogP contribution in [0.5, 0.6) is 17.2 Å². The topological polar surface area (TPSA) is 48.0 Å². The first-order chi connectivity index (χ1) is 12.6. The Hall–Kier alpha value is -2.90. The van der Waals surface area contributed by atoms with Crippen molar-refractivity contribution in [2.24, 2.45) is 0 Å². The SMILES string of the molecule is COc1cc(C)c(CN(C)C(=O)c2ccc(OC(F)(F)F)cc2)cc1OC. The molecule has 5 nitrogen and oxygen atoms in total. The zero-order valence-electron chi connectivity index (χ0n) is 15.4. The minimum absolute atomic E-state index is 0.255. The number of benzene rings is 2. The lowest BCUT2D eigenvalue weighted by molar-refractivity contribution is -0.274. The summed E-state index contributed by atoms with van der Waals surface area (Å²) in [5.74, 6) is 0.431. The number of carbonyl (C=O) groups is 1. The van der Waals surface area contributed by atoms with E-state index < -0.39 is 6.36 Å². The fraction of sp³-hybridized carbons (Fsp3) is 0.316. The van der Waals surface area contributed by atoms with Gasteiger partial charge in [0.1, 0.15) is 5.75 Å². The molecule has 27 heavy (non-hydrogen) atoms. The molecule has 0 atom stereocenters. The molecule has 0 aromatic heterocycles. The van der Waals surface area contributed by atoms with Crippen LogP contribution in [0.25, 0.3) is 0 Å². The molecule has 146 valence electrons. The summed E-state index contributed by atoms with van der Waals surface area (Å²) < 4.78 is 50.9. The molecule has 0 aliphatic rings. The van der Waals surface area contributed by atoms with Crippen molar-refractivity contribution in [2.75, 3.05) is 21.3 Å². The van der Waals surface area contributed by atoms with Gasteiger partial charge in [-0.3, -0.25) is 4.79 Å². The molecule has 1 amide bonds. The fourth-order valence-electron chi connectivity index (χ4n) is 2.54. The molecule has 0 aliphatic carbocycles. The molecule has 8 heteroatoms. The van der Waals surface area contributed by atoms with E-state index in [9.17, 15) is 18.0 Å². The molecule has 2 aromatic carbocycles. The maximum absolute atomic E-state index is 12.5. The number of ether oxygens (including phenoxy) is 3. The van der Waals surface area contributed by atoms with E-state index in [0.29, 0.717) is 18.0 Å². The van der Waals surface area contributed by atoms with Crippen molar-refractivity contribution in [1.29, 1.82) is 0 Å². The molecule has 0 fully saturated rings. The number of alkyl halides is 3. The number of nitrogens with zero attached hydrogens (tertiary/aromatic N) is 1. The first-order valence-electron chi connectivity index (χ1n) is 7.97. The smallest absolute Gasteiger partial charge is 0.493 e. The van der Waals surface area contributed by atoms with Gasteiger partial charge in [-0.1, -0.05) is 0 Å². The first-order valence-corrected chi connectivity index (χ1v) is 7.97. The molecule has 2 aromatic rings. The molecule has 0 aliphatic heterocycles. The highest BCUT2D eigenvalue weighted by molar-refractivity contribution is 5.94. The van der Waals surface area contributed by atoms with Crippen LogP contribution < -0.4 is 14.2 Å². The second-order valence-electron chi connectivity index (χ2n) is 5.87. The number of amides is 1. The summed E-state index contributed by atoms with van der Waals surface area (Å²) in [4.78, 5) is 14.0. The third-order valence-electron chi connectivity index (χ3n) is 3.93. The Kier molecular flexibility index (Phi) is 6.20. The Labute approximate surface area is 155 Å². The summed E-state index contributed by atoms with van der Waals surface area (Å²) >= 11 is 0. The molecule has 0 bridgehead atoms. The van der Waals surface area contributed by atoms with Crippen molar-refractivity contribution in [3.05, 3.63) is 53.1 Å². The molecule has 0 N–H and O–H groups in total. The molecular weight excluding hydrogens is 363 g/mol. The summed E-state index contributed by atoms with van der Waals surface area (Å²) in [5.41, 5.74) is 2.03. The second kappa shape index (κ2) is 8.20. The van der Waals surface area contributed by atoms with Crippen LogP contribution in [-0.2, 0) is 6.54 Å².